The normalized spacial score (nSPS) is 22.4. The van der Waals surface area contributed by atoms with E-state index in [9.17, 15) is 5.21 Å². The van der Waals surface area contributed by atoms with E-state index in [1.165, 1.54) is 11.1 Å². The molecule has 25 heavy (non-hydrogen) atoms. The molecule has 0 amide bonds. The van der Waals surface area contributed by atoms with Crippen molar-refractivity contribution < 1.29 is 4.65 Å². The van der Waals surface area contributed by atoms with Gasteiger partial charge in [-0.1, -0.05) is 60.7 Å². The Labute approximate surface area is 157 Å². The lowest BCUT2D eigenvalue weighted by molar-refractivity contribution is -0.892. The van der Waals surface area contributed by atoms with Gasteiger partial charge in [0.2, 0.25) is 0 Å². The summed E-state index contributed by atoms with van der Waals surface area (Å²) in [6, 6.07) is 21.5. The van der Waals surface area contributed by atoms with E-state index >= 15 is 0 Å². The molecule has 1 aliphatic rings. The minimum absolute atomic E-state index is 0. The van der Waals surface area contributed by atoms with Crippen LogP contribution in [-0.2, 0) is 5.41 Å². The molecular weight excluding hydrogens is 332 g/mol. The molecule has 1 saturated heterocycles. The van der Waals surface area contributed by atoms with Crippen molar-refractivity contribution in [3.05, 3.63) is 77.0 Å². The van der Waals surface area contributed by atoms with Gasteiger partial charge in [-0.3, -0.25) is 5.32 Å². The predicted molar refractivity (Wildman–Crippen MR) is 107 cm³/mol. The minimum Gasteiger partial charge on any atom is -0.632 e. The minimum atomic E-state index is -0.193. The second-order valence-electron chi connectivity index (χ2n) is 7.37. The van der Waals surface area contributed by atoms with Crippen LogP contribution in [0, 0.1) is 5.21 Å². The van der Waals surface area contributed by atoms with Gasteiger partial charge in [-0.15, -0.1) is 12.4 Å². The van der Waals surface area contributed by atoms with Gasteiger partial charge < -0.3 is 9.85 Å². The van der Waals surface area contributed by atoms with Crippen LogP contribution in [0.15, 0.2) is 60.7 Å². The third-order valence-electron chi connectivity index (χ3n) is 5.17. The van der Waals surface area contributed by atoms with Crippen LogP contribution in [0.2, 0.25) is 0 Å². The molecule has 1 aliphatic heterocycles. The number of rotatable bonds is 5. The van der Waals surface area contributed by atoms with E-state index < -0.39 is 0 Å². The number of nitrogens with zero attached hydrogens (tertiary/aromatic N) is 1. The fraction of sp³-hybridized carbons (Fsp3) is 0.429. The van der Waals surface area contributed by atoms with Crippen molar-refractivity contribution in [2.75, 3.05) is 19.8 Å². The highest BCUT2D eigenvalue weighted by Crippen LogP contribution is 2.42. The Balaban J connectivity index is 0.00000225. The first-order chi connectivity index (χ1) is 11.5. The van der Waals surface area contributed by atoms with Crippen LogP contribution < -0.4 is 5.32 Å². The van der Waals surface area contributed by atoms with Gasteiger partial charge in [0, 0.05) is 6.04 Å². The second-order valence-corrected chi connectivity index (χ2v) is 7.37. The van der Waals surface area contributed by atoms with E-state index in [0.29, 0.717) is 25.8 Å². The fourth-order valence-electron chi connectivity index (χ4n) is 3.96. The average molecular weight is 361 g/mol. The summed E-state index contributed by atoms with van der Waals surface area (Å²) < 4.78 is -0.165. The van der Waals surface area contributed by atoms with E-state index in [1.54, 1.807) is 0 Å². The van der Waals surface area contributed by atoms with Crippen LogP contribution >= 0.6 is 12.4 Å². The summed E-state index contributed by atoms with van der Waals surface area (Å²) in [7, 11) is 0. The molecule has 1 N–H and O–H groups in total. The molecular formula is C21H29ClN2O. The maximum atomic E-state index is 13.5. The highest BCUT2D eigenvalue weighted by Gasteiger charge is 2.43. The molecule has 136 valence electrons. The Morgan fingerprint density at radius 1 is 1.00 bits per heavy atom. The van der Waals surface area contributed by atoms with E-state index in [-0.39, 0.29) is 22.5 Å². The highest BCUT2D eigenvalue weighted by molar-refractivity contribution is 5.85. The van der Waals surface area contributed by atoms with Crippen LogP contribution in [-0.4, -0.2) is 30.4 Å². The summed E-state index contributed by atoms with van der Waals surface area (Å²) in [5, 5.41) is 16.8. The molecule has 2 aromatic rings. The molecule has 4 heteroatoms. The number of halogens is 1. The first kappa shape index (κ1) is 19.9. The van der Waals surface area contributed by atoms with E-state index in [2.05, 4.69) is 67.7 Å². The number of hydrogen-bond acceptors (Lipinski definition) is 2. The molecule has 0 saturated carbocycles. The van der Waals surface area contributed by atoms with Gasteiger partial charge in [-0.05, 0) is 37.8 Å². The zero-order valence-electron chi connectivity index (χ0n) is 15.2. The summed E-state index contributed by atoms with van der Waals surface area (Å²) in [5.74, 6) is 0. The Bertz CT molecular complexity index is 608. The number of nitrogens with one attached hydrogen (secondary N) is 1. The van der Waals surface area contributed by atoms with Gasteiger partial charge in [0.05, 0.1) is 18.5 Å². The topological polar surface area (TPSA) is 35.1 Å². The van der Waals surface area contributed by atoms with Crippen molar-refractivity contribution in [3.63, 3.8) is 0 Å². The number of likely N-dealkylation sites (tertiary alicyclic amines) is 1. The Kier molecular flexibility index (Phi) is 6.64. The number of hydroxylamine groups is 3. The van der Waals surface area contributed by atoms with Crippen LogP contribution in [0.5, 0.6) is 0 Å². The second kappa shape index (κ2) is 8.33. The summed E-state index contributed by atoms with van der Waals surface area (Å²) >= 11 is 0. The molecule has 0 aliphatic carbocycles. The lowest BCUT2D eigenvalue weighted by atomic mass is 9.69. The monoisotopic (exact) mass is 360 g/mol. The summed E-state index contributed by atoms with van der Waals surface area (Å²) in [6.07, 6.45) is 1.98. The molecule has 0 aromatic heterocycles. The third-order valence-corrected chi connectivity index (χ3v) is 5.17. The van der Waals surface area contributed by atoms with E-state index in [4.69, 9.17) is 0 Å². The lowest BCUT2D eigenvalue weighted by Gasteiger charge is -2.53. The van der Waals surface area contributed by atoms with Gasteiger partial charge in [-0.2, -0.15) is 0 Å². The Morgan fingerprint density at radius 3 is 2.00 bits per heavy atom. The van der Waals surface area contributed by atoms with Crippen molar-refractivity contribution >= 4 is 12.4 Å². The number of piperidine rings is 1. The Morgan fingerprint density at radius 2 is 1.52 bits per heavy atom. The maximum absolute atomic E-state index is 13.5. The zero-order valence-corrected chi connectivity index (χ0v) is 16.0. The molecule has 0 bridgehead atoms. The van der Waals surface area contributed by atoms with Crippen LogP contribution in [0.3, 0.4) is 0 Å². The quantitative estimate of drug-likeness (QED) is 0.631. The largest absolute Gasteiger partial charge is 0.632 e. The van der Waals surface area contributed by atoms with Gasteiger partial charge in [0.1, 0.15) is 6.67 Å². The van der Waals surface area contributed by atoms with Crippen LogP contribution in [0.4, 0.5) is 0 Å². The van der Waals surface area contributed by atoms with Crippen molar-refractivity contribution in [2.24, 2.45) is 0 Å². The Hall–Kier alpha value is -1.39. The number of quaternary nitrogens is 1. The smallest absolute Gasteiger partial charge is 0.132 e. The van der Waals surface area contributed by atoms with Crippen molar-refractivity contribution in [1.29, 1.82) is 0 Å². The van der Waals surface area contributed by atoms with Crippen LogP contribution in [0.25, 0.3) is 0 Å². The molecule has 1 atom stereocenters. The highest BCUT2D eigenvalue weighted by atomic mass is 35.5. The SMILES string of the molecule is CC(C)NC[N+]1([O-])CCCC(c2ccccc2)(c2ccccc2)C1.Cl. The zero-order chi connectivity index (χ0) is 17.0. The van der Waals surface area contributed by atoms with Gasteiger partial charge in [0.15, 0.2) is 0 Å². The maximum Gasteiger partial charge on any atom is 0.132 e. The van der Waals surface area contributed by atoms with Gasteiger partial charge >= 0.3 is 0 Å². The molecule has 3 nitrogen and oxygen atoms in total. The molecule has 1 heterocycles. The lowest BCUT2D eigenvalue weighted by Crippen LogP contribution is -2.60. The van der Waals surface area contributed by atoms with Gasteiger partial charge in [0.25, 0.3) is 0 Å². The van der Waals surface area contributed by atoms with Crippen LogP contribution in [0.1, 0.15) is 37.8 Å². The first-order valence-corrected chi connectivity index (χ1v) is 8.96. The molecule has 1 unspecified atom stereocenters. The van der Waals surface area contributed by atoms with E-state index in [1.807, 2.05) is 12.1 Å². The molecule has 2 aromatic carbocycles. The predicted octanol–water partition coefficient (Wildman–Crippen LogP) is 4.46. The van der Waals surface area contributed by atoms with Crippen molar-refractivity contribution in [2.45, 2.75) is 38.1 Å². The van der Waals surface area contributed by atoms with Crippen molar-refractivity contribution in [3.8, 4) is 0 Å². The number of hydrogen-bond donors (Lipinski definition) is 1. The average Bonchev–Trinajstić information content (AvgIpc) is 2.62. The van der Waals surface area contributed by atoms with Gasteiger partial charge in [-0.25, -0.2) is 0 Å². The third kappa shape index (κ3) is 4.42. The molecule has 0 radical (unpaired) electrons. The summed E-state index contributed by atoms with van der Waals surface area (Å²) in [5.41, 5.74) is 2.33. The molecule has 1 fully saturated rings. The molecule has 3 rings (SSSR count). The standard InChI is InChI=1S/C21H28N2O.ClH/c1-18(2)22-17-23(24)15-9-14-21(16-23,19-10-5-3-6-11-19)20-12-7-4-8-13-20;/h3-8,10-13,18,22H,9,14-17H2,1-2H3;1H. The molecule has 0 spiro atoms. The first-order valence-electron chi connectivity index (χ1n) is 8.96. The summed E-state index contributed by atoms with van der Waals surface area (Å²) in [6.45, 7) is 5.97. The summed E-state index contributed by atoms with van der Waals surface area (Å²) in [4.78, 5) is 0. The fourth-order valence-corrected chi connectivity index (χ4v) is 3.96. The number of benzene rings is 2. The van der Waals surface area contributed by atoms with E-state index in [0.717, 1.165) is 12.8 Å². The van der Waals surface area contributed by atoms with Crippen molar-refractivity contribution in [1.82, 2.24) is 5.32 Å².